The van der Waals surface area contributed by atoms with E-state index in [-0.39, 0.29) is 0 Å². The molecule has 0 aliphatic heterocycles. The monoisotopic (exact) mass is 551 g/mol. The number of thiophene rings is 1. The van der Waals surface area contributed by atoms with Crippen molar-refractivity contribution in [3.63, 3.8) is 0 Å². The summed E-state index contributed by atoms with van der Waals surface area (Å²) in [6, 6.07) is 55.4. The lowest BCUT2D eigenvalue weighted by Gasteiger charge is -2.27. The molecule has 196 valence electrons. The minimum Gasteiger partial charge on any atom is -0.310 e. The molecule has 0 saturated carbocycles. The van der Waals surface area contributed by atoms with Crippen LogP contribution >= 0.6 is 11.3 Å². The van der Waals surface area contributed by atoms with Gasteiger partial charge in [-0.25, -0.2) is 0 Å². The zero-order valence-electron chi connectivity index (χ0n) is 22.8. The SMILES string of the molecule is c1ccc(N(c2ccc3c(ccc4ccc5c(ccc6sc7ccccc7c65)c43)c2)c2cccc3ccccc23)cc1. The van der Waals surface area contributed by atoms with Crippen LogP contribution in [0.25, 0.3) is 63.3 Å². The summed E-state index contributed by atoms with van der Waals surface area (Å²) in [5, 5.41) is 13.0. The summed E-state index contributed by atoms with van der Waals surface area (Å²) >= 11 is 1.88. The second-order valence-corrected chi connectivity index (χ2v) is 12.0. The quantitative estimate of drug-likeness (QED) is 0.197. The molecule has 8 aromatic carbocycles. The van der Waals surface area contributed by atoms with E-state index in [0.717, 1.165) is 11.4 Å². The maximum atomic E-state index is 2.39. The summed E-state index contributed by atoms with van der Waals surface area (Å²) in [5.74, 6) is 0. The van der Waals surface area contributed by atoms with Crippen molar-refractivity contribution in [2.75, 3.05) is 4.90 Å². The highest BCUT2D eigenvalue weighted by Crippen LogP contribution is 2.44. The number of para-hydroxylation sites is 1. The first-order valence-electron chi connectivity index (χ1n) is 14.4. The number of hydrogen-bond donors (Lipinski definition) is 0. The molecule has 0 unspecified atom stereocenters. The van der Waals surface area contributed by atoms with Crippen molar-refractivity contribution < 1.29 is 0 Å². The largest absolute Gasteiger partial charge is 0.310 e. The van der Waals surface area contributed by atoms with E-state index in [0.29, 0.717) is 0 Å². The van der Waals surface area contributed by atoms with Gasteiger partial charge in [0.15, 0.2) is 0 Å². The maximum absolute atomic E-state index is 2.39. The third-order valence-corrected chi connectivity index (χ3v) is 9.73. The number of hydrogen-bond acceptors (Lipinski definition) is 2. The molecule has 1 heterocycles. The van der Waals surface area contributed by atoms with Crippen molar-refractivity contribution in [3.05, 3.63) is 152 Å². The topological polar surface area (TPSA) is 3.24 Å². The fourth-order valence-electron chi connectivity index (χ4n) is 6.73. The smallest absolute Gasteiger partial charge is 0.0540 e. The number of fused-ring (bicyclic) bond motifs is 10. The van der Waals surface area contributed by atoms with Crippen LogP contribution in [0.5, 0.6) is 0 Å². The Balaban J connectivity index is 1.31. The predicted octanol–water partition coefficient (Wildman–Crippen LogP) is 12.1. The van der Waals surface area contributed by atoms with Crippen molar-refractivity contribution in [1.29, 1.82) is 0 Å². The van der Waals surface area contributed by atoms with Crippen LogP contribution in [0.15, 0.2) is 152 Å². The van der Waals surface area contributed by atoms with Gasteiger partial charge in [-0.2, -0.15) is 0 Å². The molecule has 0 saturated heterocycles. The van der Waals surface area contributed by atoms with Crippen molar-refractivity contribution >= 4 is 91.7 Å². The van der Waals surface area contributed by atoms with Gasteiger partial charge in [0.25, 0.3) is 0 Å². The summed E-state index contributed by atoms with van der Waals surface area (Å²) in [7, 11) is 0. The predicted molar refractivity (Wildman–Crippen MR) is 184 cm³/mol. The first kappa shape index (κ1) is 23.5. The minimum absolute atomic E-state index is 1.14. The van der Waals surface area contributed by atoms with Crippen molar-refractivity contribution in [2.24, 2.45) is 0 Å². The molecule has 0 fully saturated rings. The van der Waals surface area contributed by atoms with Gasteiger partial charge in [0, 0.05) is 36.9 Å². The molecule has 0 N–H and O–H groups in total. The summed E-state index contributed by atoms with van der Waals surface area (Å²) in [5.41, 5.74) is 3.47. The Morgan fingerprint density at radius 3 is 1.98 bits per heavy atom. The summed E-state index contributed by atoms with van der Waals surface area (Å²) in [6.07, 6.45) is 0. The van der Waals surface area contributed by atoms with E-state index in [1.165, 1.54) is 68.9 Å². The molecule has 0 aliphatic rings. The van der Waals surface area contributed by atoms with Crippen LogP contribution < -0.4 is 4.90 Å². The Bertz CT molecular complexity index is 2470. The normalized spacial score (nSPS) is 11.8. The van der Waals surface area contributed by atoms with Crippen LogP contribution in [0.3, 0.4) is 0 Å². The van der Waals surface area contributed by atoms with E-state index in [2.05, 4.69) is 157 Å². The van der Waals surface area contributed by atoms with E-state index in [1.54, 1.807) is 0 Å². The summed E-state index contributed by atoms with van der Waals surface area (Å²) in [6.45, 7) is 0. The third-order valence-electron chi connectivity index (χ3n) is 8.60. The van der Waals surface area contributed by atoms with Crippen molar-refractivity contribution in [1.82, 2.24) is 0 Å². The molecule has 9 rings (SSSR count). The minimum atomic E-state index is 1.14. The number of benzene rings is 8. The van der Waals surface area contributed by atoms with Crippen molar-refractivity contribution in [3.8, 4) is 0 Å². The van der Waals surface area contributed by atoms with E-state index in [1.807, 2.05) is 11.3 Å². The second-order valence-electron chi connectivity index (χ2n) is 10.9. The molecule has 0 amide bonds. The Morgan fingerprint density at radius 2 is 1.05 bits per heavy atom. The van der Waals surface area contributed by atoms with Gasteiger partial charge >= 0.3 is 0 Å². The van der Waals surface area contributed by atoms with Gasteiger partial charge in [0.2, 0.25) is 0 Å². The Hall–Kier alpha value is -5.18. The van der Waals surface area contributed by atoms with Crippen LogP contribution in [0.1, 0.15) is 0 Å². The zero-order valence-corrected chi connectivity index (χ0v) is 23.6. The molecule has 1 aromatic heterocycles. The first-order chi connectivity index (χ1) is 20.8. The van der Waals surface area contributed by atoms with Gasteiger partial charge in [0.05, 0.1) is 5.69 Å². The van der Waals surface area contributed by atoms with E-state index in [9.17, 15) is 0 Å². The first-order valence-corrected chi connectivity index (χ1v) is 15.2. The van der Waals surface area contributed by atoms with E-state index < -0.39 is 0 Å². The van der Waals surface area contributed by atoms with Crippen LogP contribution in [0.2, 0.25) is 0 Å². The van der Waals surface area contributed by atoms with Gasteiger partial charge in [0.1, 0.15) is 0 Å². The molecular weight excluding hydrogens is 527 g/mol. The second kappa shape index (κ2) is 9.17. The lowest BCUT2D eigenvalue weighted by molar-refractivity contribution is 1.30. The fraction of sp³-hybridized carbons (Fsp3) is 0. The summed E-state index contributed by atoms with van der Waals surface area (Å²) in [4.78, 5) is 2.39. The molecule has 9 aromatic rings. The number of rotatable bonds is 3. The van der Waals surface area contributed by atoms with E-state index in [4.69, 9.17) is 0 Å². The fourth-order valence-corrected chi connectivity index (χ4v) is 7.85. The third kappa shape index (κ3) is 3.49. The average Bonchev–Trinajstić information content (AvgIpc) is 3.44. The molecule has 2 heteroatoms. The Labute approximate surface area is 247 Å². The molecule has 0 radical (unpaired) electrons. The van der Waals surface area contributed by atoms with Crippen LogP contribution in [-0.4, -0.2) is 0 Å². The maximum Gasteiger partial charge on any atom is 0.0540 e. The molecule has 1 nitrogen and oxygen atoms in total. The highest BCUT2D eigenvalue weighted by Gasteiger charge is 2.17. The number of anilines is 3. The van der Waals surface area contributed by atoms with Gasteiger partial charge < -0.3 is 4.90 Å². The lowest BCUT2D eigenvalue weighted by Crippen LogP contribution is -2.10. The van der Waals surface area contributed by atoms with Gasteiger partial charge in [-0.05, 0) is 80.2 Å². The lowest BCUT2D eigenvalue weighted by atomic mass is 9.94. The Kier molecular flexibility index (Phi) is 5.13. The van der Waals surface area contributed by atoms with Gasteiger partial charge in [-0.3, -0.25) is 0 Å². The van der Waals surface area contributed by atoms with Crippen LogP contribution in [0.4, 0.5) is 17.1 Å². The van der Waals surface area contributed by atoms with Gasteiger partial charge in [-0.15, -0.1) is 11.3 Å². The summed E-state index contributed by atoms with van der Waals surface area (Å²) < 4.78 is 2.69. The number of nitrogens with zero attached hydrogens (tertiary/aromatic N) is 1. The van der Waals surface area contributed by atoms with Crippen molar-refractivity contribution in [2.45, 2.75) is 0 Å². The van der Waals surface area contributed by atoms with Gasteiger partial charge in [-0.1, -0.05) is 109 Å². The Morgan fingerprint density at radius 1 is 0.357 bits per heavy atom. The highest BCUT2D eigenvalue weighted by molar-refractivity contribution is 7.26. The standard InChI is InChI=1S/C40H25NS/c1-2-11-29(12-3-1)41(36-15-8-10-26-9-4-5-13-31(26)36)30-20-22-32-28(25-30)18-17-27-19-21-34-33(39(27)32)23-24-38-40(34)35-14-6-7-16-37(35)42-38/h1-25H. The molecule has 0 bridgehead atoms. The highest BCUT2D eigenvalue weighted by atomic mass is 32.1. The van der Waals surface area contributed by atoms with Crippen LogP contribution in [0, 0.1) is 0 Å². The molecule has 42 heavy (non-hydrogen) atoms. The molecule has 0 atom stereocenters. The molecular formula is C40H25NS. The van der Waals surface area contributed by atoms with Crippen LogP contribution in [-0.2, 0) is 0 Å². The average molecular weight is 552 g/mol. The zero-order chi connectivity index (χ0) is 27.6. The van der Waals surface area contributed by atoms with E-state index >= 15 is 0 Å². The molecule has 0 aliphatic carbocycles. The molecule has 0 spiro atoms.